The summed E-state index contributed by atoms with van der Waals surface area (Å²) < 4.78 is 4.82. The maximum Gasteiger partial charge on any atom is 0.305 e. The first-order valence-corrected chi connectivity index (χ1v) is 6.01. The third-order valence-corrected chi connectivity index (χ3v) is 2.57. The molecule has 1 aromatic carbocycles. The van der Waals surface area contributed by atoms with Crippen LogP contribution < -0.4 is 0 Å². The molecule has 0 radical (unpaired) electrons. The molecule has 1 rings (SSSR count). The van der Waals surface area contributed by atoms with Crippen molar-refractivity contribution in [3.8, 4) is 0 Å². The maximum absolute atomic E-state index is 12.2. The largest absolute Gasteiger partial charge is 0.425 e. The van der Waals surface area contributed by atoms with E-state index in [0.29, 0.717) is 12.0 Å². The Morgan fingerprint density at radius 1 is 1.28 bits per heavy atom. The summed E-state index contributed by atoms with van der Waals surface area (Å²) in [5.74, 6) is -3.30. The lowest BCUT2D eigenvalue weighted by atomic mass is 9.98. The summed E-state index contributed by atoms with van der Waals surface area (Å²) in [4.78, 5) is 23.2. The van der Waals surface area contributed by atoms with E-state index in [-0.39, 0.29) is 6.42 Å². The molecule has 0 aromatic heterocycles. The number of hydrogen-bond donors (Lipinski definition) is 1. The molecule has 18 heavy (non-hydrogen) atoms. The fraction of sp³-hybridized carbons (Fsp3) is 0.429. The van der Waals surface area contributed by atoms with Crippen molar-refractivity contribution >= 4 is 11.8 Å². The van der Waals surface area contributed by atoms with E-state index in [2.05, 4.69) is 0 Å². The summed E-state index contributed by atoms with van der Waals surface area (Å²) in [5, 5.41) is 10.2. The van der Waals surface area contributed by atoms with E-state index < -0.39 is 17.5 Å². The Kier molecular flexibility index (Phi) is 5.04. The summed E-state index contributed by atoms with van der Waals surface area (Å²) in [7, 11) is 0. The van der Waals surface area contributed by atoms with Crippen molar-refractivity contribution in [1.29, 1.82) is 0 Å². The fourth-order valence-electron chi connectivity index (χ4n) is 1.68. The molecule has 1 aromatic rings. The molecule has 0 saturated carbocycles. The Balaban J connectivity index is 2.95. The third-order valence-electron chi connectivity index (χ3n) is 2.57. The SMILES string of the molecule is CCCCC(O)(OC(C)=O)C(=O)c1ccccc1. The zero-order chi connectivity index (χ0) is 13.6. The standard InChI is InChI=1S/C14H18O4/c1-3-4-10-14(17,18-11(2)15)13(16)12-8-6-5-7-9-12/h5-9,17H,3-4,10H2,1-2H3. The highest BCUT2D eigenvalue weighted by atomic mass is 16.7. The average molecular weight is 250 g/mol. The Hall–Kier alpha value is -1.68. The van der Waals surface area contributed by atoms with Crippen LogP contribution in [0.4, 0.5) is 0 Å². The fourth-order valence-corrected chi connectivity index (χ4v) is 1.68. The van der Waals surface area contributed by atoms with Crippen molar-refractivity contribution in [2.75, 3.05) is 0 Å². The number of carbonyl (C=O) groups is 2. The molecule has 0 fully saturated rings. The number of esters is 1. The van der Waals surface area contributed by atoms with Crippen LogP contribution in [0.3, 0.4) is 0 Å². The van der Waals surface area contributed by atoms with Crippen molar-refractivity contribution in [2.24, 2.45) is 0 Å². The van der Waals surface area contributed by atoms with Crippen LogP contribution in [0.25, 0.3) is 0 Å². The van der Waals surface area contributed by atoms with Gasteiger partial charge in [0.05, 0.1) is 0 Å². The Morgan fingerprint density at radius 3 is 2.39 bits per heavy atom. The van der Waals surface area contributed by atoms with Crippen LogP contribution in [0.15, 0.2) is 30.3 Å². The van der Waals surface area contributed by atoms with Gasteiger partial charge in [-0.05, 0) is 6.42 Å². The first kappa shape index (κ1) is 14.4. The highest BCUT2D eigenvalue weighted by Gasteiger charge is 2.39. The Bertz CT molecular complexity index is 413. The lowest BCUT2D eigenvalue weighted by Gasteiger charge is -2.25. The zero-order valence-corrected chi connectivity index (χ0v) is 10.7. The number of Topliss-reactive ketones (excluding diaryl/α,β-unsaturated/α-hetero) is 1. The second-order valence-electron chi connectivity index (χ2n) is 4.18. The van der Waals surface area contributed by atoms with E-state index in [4.69, 9.17) is 4.74 Å². The van der Waals surface area contributed by atoms with Crippen molar-refractivity contribution in [2.45, 2.75) is 38.9 Å². The van der Waals surface area contributed by atoms with Gasteiger partial charge in [0, 0.05) is 18.9 Å². The highest BCUT2D eigenvalue weighted by Crippen LogP contribution is 2.22. The second-order valence-corrected chi connectivity index (χ2v) is 4.18. The van der Waals surface area contributed by atoms with E-state index in [1.54, 1.807) is 30.3 Å². The predicted octanol–water partition coefficient (Wildman–Crippen LogP) is 2.31. The predicted molar refractivity (Wildman–Crippen MR) is 67.0 cm³/mol. The van der Waals surface area contributed by atoms with Crippen LogP contribution in [0.1, 0.15) is 43.5 Å². The minimum Gasteiger partial charge on any atom is -0.425 e. The monoisotopic (exact) mass is 250 g/mol. The van der Waals surface area contributed by atoms with Gasteiger partial charge in [-0.2, -0.15) is 0 Å². The molecule has 0 bridgehead atoms. The van der Waals surface area contributed by atoms with Crippen LogP contribution in [0, 0.1) is 0 Å². The summed E-state index contributed by atoms with van der Waals surface area (Å²) in [6.07, 6.45) is 1.50. The van der Waals surface area contributed by atoms with E-state index >= 15 is 0 Å². The average Bonchev–Trinajstić information content (AvgIpc) is 2.35. The van der Waals surface area contributed by atoms with Crippen LogP contribution >= 0.6 is 0 Å². The smallest absolute Gasteiger partial charge is 0.305 e. The zero-order valence-electron chi connectivity index (χ0n) is 10.7. The second kappa shape index (κ2) is 6.31. The quantitative estimate of drug-likeness (QED) is 0.478. The minimum absolute atomic E-state index is 0.108. The third kappa shape index (κ3) is 3.67. The molecule has 0 amide bonds. The van der Waals surface area contributed by atoms with Gasteiger partial charge in [0.2, 0.25) is 5.78 Å². The van der Waals surface area contributed by atoms with Crippen LogP contribution in [0.2, 0.25) is 0 Å². The number of rotatable bonds is 6. The number of ketones is 1. The Morgan fingerprint density at radius 2 is 1.89 bits per heavy atom. The number of hydrogen-bond acceptors (Lipinski definition) is 4. The van der Waals surface area contributed by atoms with Crippen molar-refractivity contribution in [3.05, 3.63) is 35.9 Å². The summed E-state index contributed by atoms with van der Waals surface area (Å²) >= 11 is 0. The number of unbranched alkanes of at least 4 members (excludes halogenated alkanes) is 1. The van der Waals surface area contributed by atoms with E-state index in [1.165, 1.54) is 6.92 Å². The molecule has 0 spiro atoms. The van der Waals surface area contributed by atoms with Crippen LogP contribution in [-0.4, -0.2) is 22.6 Å². The highest BCUT2D eigenvalue weighted by molar-refractivity contribution is 6.02. The van der Waals surface area contributed by atoms with Gasteiger partial charge in [-0.25, -0.2) is 0 Å². The lowest BCUT2D eigenvalue weighted by Crippen LogP contribution is -2.43. The van der Waals surface area contributed by atoms with E-state index in [1.807, 2.05) is 6.92 Å². The van der Waals surface area contributed by atoms with Gasteiger partial charge in [-0.1, -0.05) is 43.7 Å². The van der Waals surface area contributed by atoms with Crippen molar-refractivity contribution in [1.82, 2.24) is 0 Å². The topological polar surface area (TPSA) is 63.6 Å². The first-order valence-electron chi connectivity index (χ1n) is 6.01. The molecule has 4 heteroatoms. The molecule has 0 heterocycles. The molecule has 0 aliphatic heterocycles. The molecule has 4 nitrogen and oxygen atoms in total. The molecule has 1 atom stereocenters. The normalized spacial score (nSPS) is 13.7. The summed E-state index contributed by atoms with van der Waals surface area (Å²) in [5.41, 5.74) is 0.331. The number of benzene rings is 1. The van der Waals surface area contributed by atoms with Crippen molar-refractivity contribution in [3.63, 3.8) is 0 Å². The summed E-state index contributed by atoms with van der Waals surface area (Å²) in [6.45, 7) is 3.11. The van der Waals surface area contributed by atoms with Gasteiger partial charge in [-0.3, -0.25) is 9.59 Å². The van der Waals surface area contributed by atoms with Crippen LogP contribution in [-0.2, 0) is 9.53 Å². The van der Waals surface area contributed by atoms with Gasteiger partial charge >= 0.3 is 5.97 Å². The van der Waals surface area contributed by atoms with Crippen LogP contribution in [0.5, 0.6) is 0 Å². The minimum atomic E-state index is -2.05. The molecule has 0 aliphatic rings. The van der Waals surface area contributed by atoms with Gasteiger partial charge in [0.25, 0.3) is 5.79 Å². The summed E-state index contributed by atoms with van der Waals surface area (Å²) in [6, 6.07) is 8.34. The maximum atomic E-state index is 12.2. The van der Waals surface area contributed by atoms with Gasteiger partial charge in [0.15, 0.2) is 0 Å². The number of carbonyl (C=O) groups excluding carboxylic acids is 2. The van der Waals surface area contributed by atoms with Crippen molar-refractivity contribution < 1.29 is 19.4 Å². The van der Waals surface area contributed by atoms with E-state index in [9.17, 15) is 14.7 Å². The molecule has 1 unspecified atom stereocenters. The molecule has 1 N–H and O–H groups in total. The van der Waals surface area contributed by atoms with Gasteiger partial charge < -0.3 is 9.84 Å². The van der Waals surface area contributed by atoms with Gasteiger partial charge in [0.1, 0.15) is 0 Å². The number of ether oxygens (including phenoxy) is 1. The lowest BCUT2D eigenvalue weighted by molar-refractivity contribution is -0.189. The Labute approximate surface area is 107 Å². The first-order chi connectivity index (χ1) is 8.49. The number of aliphatic hydroxyl groups is 1. The molecule has 0 aliphatic carbocycles. The van der Waals surface area contributed by atoms with Gasteiger partial charge in [-0.15, -0.1) is 0 Å². The molecular weight excluding hydrogens is 232 g/mol. The molecule has 98 valence electrons. The van der Waals surface area contributed by atoms with E-state index in [0.717, 1.165) is 6.42 Å². The molecular formula is C14H18O4. The molecule has 0 saturated heterocycles.